The van der Waals surface area contributed by atoms with Crippen LogP contribution in [0.5, 0.6) is 0 Å². The summed E-state index contributed by atoms with van der Waals surface area (Å²) in [4.78, 5) is 0. The zero-order chi connectivity index (χ0) is 28.5. The van der Waals surface area contributed by atoms with Gasteiger partial charge in [-0.3, -0.25) is 0 Å². The number of allylic oxidation sites excluding steroid dienone is 10. The maximum absolute atomic E-state index is 5.86. The molecule has 0 aromatic carbocycles. The van der Waals surface area contributed by atoms with Crippen molar-refractivity contribution in [1.82, 2.24) is 0 Å². The largest absolute Gasteiger partial charge is 0.353 e. The quantitative estimate of drug-likeness (QED) is 0.0531. The predicted molar refractivity (Wildman–Crippen MR) is 175 cm³/mol. The van der Waals surface area contributed by atoms with Crippen molar-refractivity contribution in [2.45, 2.75) is 161 Å². The molecule has 2 heteroatoms. The first-order chi connectivity index (χ1) is 19.2. The van der Waals surface area contributed by atoms with E-state index in [0.29, 0.717) is 0 Å². The topological polar surface area (TPSA) is 18.5 Å². The number of ether oxygens (including phenoxy) is 2. The van der Waals surface area contributed by atoms with Crippen molar-refractivity contribution < 1.29 is 9.47 Å². The lowest BCUT2D eigenvalue weighted by molar-refractivity contribution is -0.216. The lowest BCUT2D eigenvalue weighted by Crippen LogP contribution is -2.33. The third-order valence-corrected chi connectivity index (χ3v) is 7.45. The van der Waals surface area contributed by atoms with E-state index >= 15 is 0 Å². The van der Waals surface area contributed by atoms with Crippen molar-refractivity contribution in [3.8, 4) is 0 Å². The molecule has 0 aliphatic carbocycles. The molecule has 0 spiro atoms. The van der Waals surface area contributed by atoms with E-state index in [0.717, 1.165) is 44.9 Å². The Bertz CT molecular complexity index is 621. The molecule has 0 amide bonds. The highest BCUT2D eigenvalue weighted by molar-refractivity contribution is 4.97. The first-order valence-corrected chi connectivity index (χ1v) is 16.6. The zero-order valence-electron chi connectivity index (χ0n) is 26.6. The van der Waals surface area contributed by atoms with Crippen molar-refractivity contribution in [2.75, 3.05) is 14.2 Å². The Labute approximate surface area is 245 Å². The summed E-state index contributed by atoms with van der Waals surface area (Å²) in [6.07, 6.45) is 49.8. The Hall–Kier alpha value is -1.38. The van der Waals surface area contributed by atoms with Crippen LogP contribution in [0.2, 0.25) is 0 Å². The van der Waals surface area contributed by atoms with Crippen molar-refractivity contribution in [2.24, 2.45) is 0 Å². The first kappa shape index (κ1) is 37.6. The minimum Gasteiger partial charge on any atom is -0.353 e. The van der Waals surface area contributed by atoms with E-state index in [1.54, 1.807) is 0 Å². The monoisotopic (exact) mass is 543 g/mol. The Morgan fingerprint density at radius 2 is 0.718 bits per heavy atom. The van der Waals surface area contributed by atoms with Gasteiger partial charge in [0.1, 0.15) is 0 Å². The van der Waals surface area contributed by atoms with E-state index in [1.807, 2.05) is 14.2 Å². The molecule has 0 aliphatic rings. The summed E-state index contributed by atoms with van der Waals surface area (Å²) in [5.74, 6) is -0.396. The third kappa shape index (κ3) is 26.6. The fourth-order valence-electron chi connectivity index (χ4n) is 4.76. The highest BCUT2D eigenvalue weighted by Gasteiger charge is 2.28. The van der Waals surface area contributed by atoms with Gasteiger partial charge < -0.3 is 9.47 Å². The predicted octanol–water partition coefficient (Wildman–Crippen LogP) is 12.4. The van der Waals surface area contributed by atoms with Crippen LogP contribution in [-0.2, 0) is 9.47 Å². The van der Waals surface area contributed by atoms with Crippen LogP contribution in [0.25, 0.3) is 0 Å². The number of unbranched alkanes of at least 4 members (excludes halogenated alkanes) is 13. The van der Waals surface area contributed by atoms with Gasteiger partial charge in [0.15, 0.2) is 5.79 Å². The molecule has 0 unspecified atom stereocenters. The second kappa shape index (κ2) is 31.2. The molecule has 0 atom stereocenters. The Morgan fingerprint density at radius 1 is 0.385 bits per heavy atom. The number of hydrogen-bond donors (Lipinski definition) is 0. The Balaban J connectivity index is 3.76. The van der Waals surface area contributed by atoms with Gasteiger partial charge in [0.25, 0.3) is 0 Å². The van der Waals surface area contributed by atoms with Crippen LogP contribution >= 0.6 is 0 Å². The summed E-state index contributed by atoms with van der Waals surface area (Å²) < 4.78 is 11.7. The molecule has 226 valence electrons. The van der Waals surface area contributed by atoms with Crippen LogP contribution in [0, 0.1) is 0 Å². The summed E-state index contributed by atoms with van der Waals surface area (Å²) in [6, 6.07) is 0. The van der Waals surface area contributed by atoms with Crippen LogP contribution in [-0.4, -0.2) is 20.0 Å². The smallest absolute Gasteiger partial charge is 0.167 e. The number of rotatable bonds is 29. The second-order valence-corrected chi connectivity index (χ2v) is 10.9. The van der Waals surface area contributed by atoms with E-state index in [4.69, 9.17) is 9.47 Å². The van der Waals surface area contributed by atoms with Crippen LogP contribution in [0.3, 0.4) is 0 Å². The fourth-order valence-corrected chi connectivity index (χ4v) is 4.76. The molecule has 0 heterocycles. The Kier molecular flexibility index (Phi) is 30.0. The van der Waals surface area contributed by atoms with Crippen LogP contribution in [0.4, 0.5) is 0 Å². The first-order valence-electron chi connectivity index (χ1n) is 16.6. The summed E-state index contributed by atoms with van der Waals surface area (Å²) in [7, 11) is 3.62. The zero-order valence-corrected chi connectivity index (χ0v) is 26.6. The molecular weight excluding hydrogens is 476 g/mol. The van der Waals surface area contributed by atoms with E-state index in [9.17, 15) is 0 Å². The molecule has 0 aliphatic heterocycles. The van der Waals surface area contributed by atoms with Gasteiger partial charge in [0, 0.05) is 27.1 Å². The van der Waals surface area contributed by atoms with Crippen LogP contribution in [0.1, 0.15) is 155 Å². The molecule has 0 saturated carbocycles. The Morgan fingerprint density at radius 3 is 1.18 bits per heavy atom. The number of methoxy groups -OCH3 is 2. The molecule has 39 heavy (non-hydrogen) atoms. The van der Waals surface area contributed by atoms with Gasteiger partial charge in [-0.1, -0.05) is 126 Å². The van der Waals surface area contributed by atoms with Gasteiger partial charge in [0.05, 0.1) is 0 Å². The summed E-state index contributed by atoms with van der Waals surface area (Å²) in [5, 5.41) is 0. The van der Waals surface area contributed by atoms with Gasteiger partial charge in [-0.05, 0) is 77.0 Å². The minimum atomic E-state index is -0.396. The number of hydrogen-bond acceptors (Lipinski definition) is 2. The van der Waals surface area contributed by atoms with Crippen molar-refractivity contribution in [3.05, 3.63) is 60.8 Å². The van der Waals surface area contributed by atoms with Crippen molar-refractivity contribution in [1.29, 1.82) is 0 Å². The van der Waals surface area contributed by atoms with E-state index < -0.39 is 5.79 Å². The average Bonchev–Trinajstić information content (AvgIpc) is 2.96. The molecule has 2 nitrogen and oxygen atoms in total. The fraction of sp³-hybridized carbons (Fsp3) is 0.730. The van der Waals surface area contributed by atoms with Gasteiger partial charge in [0.2, 0.25) is 0 Å². The molecule has 0 aromatic rings. The summed E-state index contributed by atoms with van der Waals surface area (Å²) in [6.45, 7) is 4.50. The SMILES string of the molecule is CCCC/C=C\C/C=C\C/C=C\CCCCC(CCCCCCCC/C=C\C/C=C\CCCCC)(OC)OC. The van der Waals surface area contributed by atoms with Gasteiger partial charge >= 0.3 is 0 Å². The van der Waals surface area contributed by atoms with Crippen molar-refractivity contribution in [3.63, 3.8) is 0 Å². The third-order valence-electron chi connectivity index (χ3n) is 7.45. The molecule has 0 aromatic heterocycles. The van der Waals surface area contributed by atoms with E-state index in [-0.39, 0.29) is 0 Å². The van der Waals surface area contributed by atoms with E-state index in [1.165, 1.54) is 96.3 Å². The lowest BCUT2D eigenvalue weighted by Gasteiger charge is -2.31. The van der Waals surface area contributed by atoms with Crippen molar-refractivity contribution >= 4 is 0 Å². The minimum absolute atomic E-state index is 0.396. The second-order valence-electron chi connectivity index (χ2n) is 10.9. The molecule has 0 bridgehead atoms. The van der Waals surface area contributed by atoms with E-state index in [2.05, 4.69) is 74.6 Å². The van der Waals surface area contributed by atoms with Gasteiger partial charge in [-0.15, -0.1) is 0 Å². The normalized spacial score (nSPS) is 13.0. The highest BCUT2D eigenvalue weighted by atomic mass is 16.7. The average molecular weight is 543 g/mol. The lowest BCUT2D eigenvalue weighted by atomic mass is 9.99. The van der Waals surface area contributed by atoms with Gasteiger partial charge in [-0.25, -0.2) is 0 Å². The van der Waals surface area contributed by atoms with Crippen LogP contribution in [0.15, 0.2) is 60.8 Å². The summed E-state index contributed by atoms with van der Waals surface area (Å²) in [5.41, 5.74) is 0. The molecule has 0 fully saturated rings. The standard InChI is InChI=1S/C37H66O2/c1-5-7-9-11-13-15-17-19-21-22-24-26-28-30-32-34-36-37(38-3,39-4)35-33-31-29-27-25-23-20-18-16-14-12-10-8-6-2/h12-15,18-21,25,27H,5-11,16-17,22-24,26,28-36H2,1-4H3/b14-12-,15-13-,20-18-,21-19-,27-25-. The maximum Gasteiger partial charge on any atom is 0.167 e. The molecule has 0 N–H and O–H groups in total. The van der Waals surface area contributed by atoms with Gasteiger partial charge in [-0.2, -0.15) is 0 Å². The summed E-state index contributed by atoms with van der Waals surface area (Å²) >= 11 is 0. The molecule has 0 radical (unpaired) electrons. The molecule has 0 rings (SSSR count). The molecule has 0 saturated heterocycles. The molecular formula is C37H66O2. The maximum atomic E-state index is 5.86. The highest BCUT2D eigenvalue weighted by Crippen LogP contribution is 2.27. The van der Waals surface area contributed by atoms with Crippen LogP contribution < -0.4 is 0 Å².